The standard InChI is InChI=1S/C12H20N2O3S2/c1-2-3-10-14(9(8-19-10)11(15)16)12(17)13-4-6-18-7-5-13/h9-10H,2-8H2,1H3,(H,15,16). The number of aliphatic carboxylic acids is 1. The molecule has 0 aromatic heterocycles. The summed E-state index contributed by atoms with van der Waals surface area (Å²) in [6.07, 6.45) is 1.83. The van der Waals surface area contributed by atoms with Crippen molar-refractivity contribution < 1.29 is 14.7 Å². The Kier molecular flexibility index (Phi) is 5.27. The lowest BCUT2D eigenvalue weighted by molar-refractivity contribution is -0.141. The van der Waals surface area contributed by atoms with Crippen LogP contribution in [0.3, 0.4) is 0 Å². The van der Waals surface area contributed by atoms with Crippen molar-refractivity contribution in [2.45, 2.75) is 31.2 Å². The topological polar surface area (TPSA) is 60.9 Å². The molecule has 0 radical (unpaired) electrons. The Morgan fingerprint density at radius 3 is 2.58 bits per heavy atom. The van der Waals surface area contributed by atoms with E-state index in [2.05, 4.69) is 6.92 Å². The zero-order chi connectivity index (χ0) is 13.8. The van der Waals surface area contributed by atoms with Crippen LogP contribution in [0.1, 0.15) is 19.8 Å². The summed E-state index contributed by atoms with van der Waals surface area (Å²) in [5, 5.41) is 9.31. The van der Waals surface area contributed by atoms with Crippen LogP contribution in [0, 0.1) is 0 Å². The molecule has 19 heavy (non-hydrogen) atoms. The molecule has 2 rings (SSSR count). The number of urea groups is 1. The molecule has 5 nitrogen and oxygen atoms in total. The van der Waals surface area contributed by atoms with E-state index in [0.29, 0.717) is 5.75 Å². The first-order chi connectivity index (χ1) is 9.15. The van der Waals surface area contributed by atoms with Crippen molar-refractivity contribution in [2.24, 2.45) is 0 Å². The normalized spacial score (nSPS) is 27.6. The molecule has 2 heterocycles. The Labute approximate surface area is 122 Å². The molecule has 0 aromatic carbocycles. The van der Waals surface area contributed by atoms with Crippen LogP contribution in [0.2, 0.25) is 0 Å². The maximum absolute atomic E-state index is 12.6. The van der Waals surface area contributed by atoms with Crippen molar-refractivity contribution in [1.82, 2.24) is 9.80 Å². The van der Waals surface area contributed by atoms with E-state index < -0.39 is 12.0 Å². The van der Waals surface area contributed by atoms with Crippen molar-refractivity contribution in [2.75, 3.05) is 30.3 Å². The second kappa shape index (κ2) is 6.74. The number of carboxylic acid groups (broad SMARTS) is 1. The van der Waals surface area contributed by atoms with Crippen molar-refractivity contribution >= 4 is 35.5 Å². The summed E-state index contributed by atoms with van der Waals surface area (Å²) < 4.78 is 0. The van der Waals surface area contributed by atoms with Crippen LogP contribution in [0.25, 0.3) is 0 Å². The smallest absolute Gasteiger partial charge is 0.327 e. The summed E-state index contributed by atoms with van der Waals surface area (Å²) in [5.74, 6) is 1.52. The zero-order valence-electron chi connectivity index (χ0n) is 11.1. The molecule has 108 valence electrons. The molecule has 0 saturated carbocycles. The van der Waals surface area contributed by atoms with E-state index >= 15 is 0 Å². The Morgan fingerprint density at radius 2 is 2.00 bits per heavy atom. The molecule has 1 N–H and O–H groups in total. The van der Waals surface area contributed by atoms with E-state index in [1.807, 2.05) is 11.8 Å². The zero-order valence-corrected chi connectivity index (χ0v) is 12.7. The number of carbonyl (C=O) groups is 2. The van der Waals surface area contributed by atoms with E-state index in [0.717, 1.165) is 37.4 Å². The maximum Gasteiger partial charge on any atom is 0.327 e. The SMILES string of the molecule is CCCC1SCC(C(=O)O)N1C(=O)N1CCSCC1. The Bertz CT molecular complexity index is 348. The van der Waals surface area contributed by atoms with Gasteiger partial charge in [-0.15, -0.1) is 11.8 Å². The van der Waals surface area contributed by atoms with Crippen molar-refractivity contribution in [3.05, 3.63) is 0 Å². The first-order valence-corrected chi connectivity index (χ1v) is 8.85. The predicted octanol–water partition coefficient (Wildman–Crippen LogP) is 1.78. The van der Waals surface area contributed by atoms with E-state index in [1.165, 1.54) is 0 Å². The van der Waals surface area contributed by atoms with Gasteiger partial charge in [0.15, 0.2) is 0 Å². The first-order valence-electron chi connectivity index (χ1n) is 6.64. The number of nitrogens with zero attached hydrogens (tertiary/aromatic N) is 2. The van der Waals surface area contributed by atoms with Gasteiger partial charge in [0.25, 0.3) is 0 Å². The third-order valence-electron chi connectivity index (χ3n) is 3.42. The Hall–Kier alpha value is -0.560. The summed E-state index contributed by atoms with van der Waals surface area (Å²) in [4.78, 5) is 27.3. The summed E-state index contributed by atoms with van der Waals surface area (Å²) in [6.45, 7) is 3.53. The monoisotopic (exact) mass is 304 g/mol. The van der Waals surface area contributed by atoms with Crippen LogP contribution in [-0.4, -0.2) is 68.7 Å². The Morgan fingerprint density at radius 1 is 1.32 bits per heavy atom. The molecule has 2 saturated heterocycles. The molecule has 0 aliphatic carbocycles. The lowest BCUT2D eigenvalue weighted by atomic mass is 10.2. The van der Waals surface area contributed by atoms with Gasteiger partial charge < -0.3 is 10.0 Å². The van der Waals surface area contributed by atoms with Gasteiger partial charge in [-0.05, 0) is 6.42 Å². The molecule has 2 aliphatic rings. The molecular weight excluding hydrogens is 284 g/mol. The second-order valence-corrected chi connectivity index (χ2v) is 7.16. The van der Waals surface area contributed by atoms with Crippen LogP contribution >= 0.6 is 23.5 Å². The van der Waals surface area contributed by atoms with Crippen LogP contribution in [0.4, 0.5) is 4.79 Å². The fourth-order valence-corrected chi connectivity index (χ4v) is 4.81. The van der Waals surface area contributed by atoms with E-state index in [-0.39, 0.29) is 11.4 Å². The lowest BCUT2D eigenvalue weighted by Gasteiger charge is -2.35. The van der Waals surface area contributed by atoms with Gasteiger partial charge in [0, 0.05) is 30.3 Å². The van der Waals surface area contributed by atoms with Gasteiger partial charge in [-0.1, -0.05) is 13.3 Å². The highest BCUT2D eigenvalue weighted by atomic mass is 32.2. The maximum atomic E-state index is 12.6. The average Bonchev–Trinajstić information content (AvgIpc) is 2.83. The number of carbonyl (C=O) groups excluding carboxylic acids is 1. The minimum absolute atomic E-state index is 0.0215. The molecule has 2 atom stereocenters. The van der Waals surface area contributed by atoms with Crippen LogP contribution in [0.5, 0.6) is 0 Å². The number of amides is 2. The molecule has 0 spiro atoms. The third kappa shape index (κ3) is 3.31. The quantitative estimate of drug-likeness (QED) is 0.861. The highest BCUT2D eigenvalue weighted by molar-refractivity contribution is 8.00. The fourth-order valence-electron chi connectivity index (χ4n) is 2.40. The van der Waals surface area contributed by atoms with Gasteiger partial charge in [-0.2, -0.15) is 11.8 Å². The molecule has 7 heteroatoms. The fraction of sp³-hybridized carbons (Fsp3) is 0.833. The highest BCUT2D eigenvalue weighted by Gasteiger charge is 2.42. The summed E-state index contributed by atoms with van der Waals surface area (Å²) in [7, 11) is 0. The van der Waals surface area contributed by atoms with Gasteiger partial charge in [-0.25, -0.2) is 9.59 Å². The van der Waals surface area contributed by atoms with E-state index in [9.17, 15) is 14.7 Å². The van der Waals surface area contributed by atoms with Crippen LogP contribution in [0.15, 0.2) is 0 Å². The van der Waals surface area contributed by atoms with Gasteiger partial charge in [0.05, 0.1) is 5.37 Å². The molecule has 2 aliphatic heterocycles. The minimum atomic E-state index is -0.883. The second-order valence-electron chi connectivity index (χ2n) is 4.72. The average molecular weight is 304 g/mol. The number of hydrogen-bond donors (Lipinski definition) is 1. The van der Waals surface area contributed by atoms with Gasteiger partial charge in [-0.3, -0.25) is 4.90 Å². The predicted molar refractivity (Wildman–Crippen MR) is 78.7 cm³/mol. The first kappa shape index (κ1) is 14.8. The summed E-state index contributed by atoms with van der Waals surface area (Å²) in [6, 6.07) is -0.750. The molecule has 0 aromatic rings. The molecule has 2 amide bonds. The van der Waals surface area contributed by atoms with Crippen LogP contribution in [-0.2, 0) is 4.79 Å². The number of thioether (sulfide) groups is 2. The van der Waals surface area contributed by atoms with Crippen molar-refractivity contribution in [1.29, 1.82) is 0 Å². The van der Waals surface area contributed by atoms with Crippen molar-refractivity contribution in [3.8, 4) is 0 Å². The number of rotatable bonds is 3. The molecule has 2 unspecified atom stereocenters. The molecule has 0 bridgehead atoms. The Balaban J connectivity index is 2.10. The largest absolute Gasteiger partial charge is 0.480 e. The number of carboxylic acids is 1. The summed E-state index contributed by atoms with van der Waals surface area (Å²) in [5.41, 5.74) is 0. The third-order valence-corrected chi connectivity index (χ3v) is 5.71. The van der Waals surface area contributed by atoms with E-state index in [1.54, 1.807) is 21.6 Å². The van der Waals surface area contributed by atoms with Gasteiger partial charge in [0.1, 0.15) is 6.04 Å². The highest BCUT2D eigenvalue weighted by Crippen LogP contribution is 2.33. The van der Waals surface area contributed by atoms with Gasteiger partial charge >= 0.3 is 12.0 Å². The van der Waals surface area contributed by atoms with Gasteiger partial charge in [0.2, 0.25) is 0 Å². The summed E-state index contributed by atoms with van der Waals surface area (Å²) >= 11 is 3.44. The molecule has 2 fully saturated rings. The van der Waals surface area contributed by atoms with E-state index in [4.69, 9.17) is 0 Å². The molecular formula is C12H20N2O3S2. The minimum Gasteiger partial charge on any atom is -0.480 e. The van der Waals surface area contributed by atoms with Crippen molar-refractivity contribution in [3.63, 3.8) is 0 Å². The van der Waals surface area contributed by atoms with Crippen LogP contribution < -0.4 is 0 Å². The lowest BCUT2D eigenvalue weighted by Crippen LogP contribution is -2.53. The number of hydrogen-bond acceptors (Lipinski definition) is 4.